The zero-order valence-corrected chi connectivity index (χ0v) is 12.3. The van der Waals surface area contributed by atoms with Crippen LogP contribution in [0.15, 0.2) is 24.3 Å². The summed E-state index contributed by atoms with van der Waals surface area (Å²) in [6.07, 6.45) is 0. The second-order valence-electron chi connectivity index (χ2n) is 4.18. The van der Waals surface area contributed by atoms with E-state index in [4.69, 9.17) is 5.73 Å². The molecule has 1 aromatic carbocycles. The molecule has 0 aliphatic heterocycles. The molecule has 5 heteroatoms. The Kier molecular flexibility index (Phi) is 6.28. The molecule has 0 saturated heterocycles. The van der Waals surface area contributed by atoms with Crippen LogP contribution in [0.1, 0.15) is 24.2 Å². The van der Waals surface area contributed by atoms with Gasteiger partial charge >= 0.3 is 0 Å². The molecule has 0 bridgehead atoms. The largest absolute Gasteiger partial charge is 0.350 e. The number of hydrogen-bond acceptors (Lipinski definition) is 2. The highest BCUT2D eigenvalue weighted by molar-refractivity contribution is 14.1. The van der Waals surface area contributed by atoms with Crippen LogP contribution in [0.4, 0.5) is 0 Å². The first-order valence-electron chi connectivity index (χ1n) is 4.71. The zero-order valence-electron chi connectivity index (χ0n) is 9.29. The van der Waals surface area contributed by atoms with Crippen LogP contribution in [0.25, 0.3) is 0 Å². The summed E-state index contributed by atoms with van der Waals surface area (Å²) in [5.41, 5.74) is 6.06. The van der Waals surface area contributed by atoms with Crippen molar-refractivity contribution in [3.63, 3.8) is 0 Å². The number of halogens is 2. The fourth-order valence-corrected chi connectivity index (χ4v) is 1.37. The van der Waals surface area contributed by atoms with Gasteiger partial charge < -0.3 is 11.1 Å². The topological polar surface area (TPSA) is 55.1 Å². The quantitative estimate of drug-likeness (QED) is 0.818. The van der Waals surface area contributed by atoms with Crippen molar-refractivity contribution in [2.45, 2.75) is 19.4 Å². The maximum Gasteiger partial charge on any atom is 0.251 e. The van der Waals surface area contributed by atoms with Gasteiger partial charge in [-0.15, -0.1) is 12.4 Å². The Morgan fingerprint density at radius 1 is 1.38 bits per heavy atom. The molecule has 0 atom stereocenters. The van der Waals surface area contributed by atoms with E-state index in [1.807, 2.05) is 26.0 Å². The average Bonchev–Trinajstić information content (AvgIpc) is 2.14. The maximum atomic E-state index is 11.6. The molecule has 0 saturated carbocycles. The molecule has 1 amide bonds. The van der Waals surface area contributed by atoms with Gasteiger partial charge in [-0.3, -0.25) is 4.79 Å². The van der Waals surface area contributed by atoms with Gasteiger partial charge in [-0.25, -0.2) is 0 Å². The normalized spacial score (nSPS) is 10.5. The van der Waals surface area contributed by atoms with E-state index < -0.39 is 0 Å². The molecule has 0 aliphatic carbocycles. The molecule has 0 fully saturated rings. The third kappa shape index (κ3) is 5.67. The number of nitrogens with two attached hydrogens (primary N) is 1. The van der Waals surface area contributed by atoms with Gasteiger partial charge in [0.15, 0.2) is 0 Å². The van der Waals surface area contributed by atoms with Gasteiger partial charge in [0, 0.05) is 21.2 Å². The number of benzene rings is 1. The fraction of sp³-hybridized carbons (Fsp3) is 0.364. The van der Waals surface area contributed by atoms with Crippen LogP contribution in [-0.4, -0.2) is 18.0 Å². The van der Waals surface area contributed by atoms with E-state index in [2.05, 4.69) is 27.9 Å². The number of amides is 1. The molecule has 0 aliphatic rings. The van der Waals surface area contributed by atoms with Gasteiger partial charge in [0.1, 0.15) is 0 Å². The highest BCUT2D eigenvalue weighted by atomic mass is 127. The minimum absolute atomic E-state index is 0. The Morgan fingerprint density at radius 3 is 2.31 bits per heavy atom. The Balaban J connectivity index is 0.00000225. The lowest BCUT2D eigenvalue weighted by Gasteiger charge is -2.18. The number of rotatable bonds is 3. The minimum Gasteiger partial charge on any atom is -0.350 e. The van der Waals surface area contributed by atoms with Crippen molar-refractivity contribution in [2.75, 3.05) is 6.54 Å². The minimum atomic E-state index is -0.376. The van der Waals surface area contributed by atoms with Crippen LogP contribution in [0, 0.1) is 3.57 Å². The predicted octanol–water partition coefficient (Wildman–Crippen LogP) is 2.18. The Labute approximate surface area is 116 Å². The monoisotopic (exact) mass is 354 g/mol. The van der Waals surface area contributed by atoms with Gasteiger partial charge in [0.25, 0.3) is 5.91 Å². The average molecular weight is 355 g/mol. The van der Waals surface area contributed by atoms with Crippen molar-refractivity contribution in [3.05, 3.63) is 33.4 Å². The molecule has 0 aromatic heterocycles. The molecule has 1 aromatic rings. The van der Waals surface area contributed by atoms with Crippen LogP contribution in [-0.2, 0) is 0 Å². The summed E-state index contributed by atoms with van der Waals surface area (Å²) in [5.74, 6) is -0.0788. The Morgan fingerprint density at radius 2 is 1.88 bits per heavy atom. The molecular formula is C11H16ClIN2O. The van der Waals surface area contributed by atoms with Crippen LogP contribution in [0.5, 0.6) is 0 Å². The molecule has 0 spiro atoms. The molecule has 90 valence electrons. The number of carbonyl (C=O) groups excluding carboxylic acids is 1. The van der Waals surface area contributed by atoms with E-state index in [0.717, 1.165) is 3.57 Å². The first kappa shape index (κ1) is 15.7. The standard InChI is InChI=1S/C11H15IN2O.ClH/c1-11(2,13)7-14-10(15)8-3-5-9(12)6-4-8;/h3-6H,7,13H2,1-2H3,(H,14,15);1H. The van der Waals surface area contributed by atoms with Crippen molar-refractivity contribution < 1.29 is 4.79 Å². The highest BCUT2D eigenvalue weighted by Gasteiger charge is 2.12. The third-order valence-electron chi connectivity index (χ3n) is 1.81. The molecule has 3 nitrogen and oxygen atoms in total. The SMILES string of the molecule is CC(C)(N)CNC(=O)c1ccc(I)cc1.Cl. The lowest BCUT2D eigenvalue weighted by Crippen LogP contribution is -2.45. The first-order valence-corrected chi connectivity index (χ1v) is 5.79. The summed E-state index contributed by atoms with van der Waals surface area (Å²) in [6, 6.07) is 7.42. The van der Waals surface area contributed by atoms with Crippen molar-refractivity contribution in [1.82, 2.24) is 5.32 Å². The van der Waals surface area contributed by atoms with Gasteiger partial charge in [-0.05, 0) is 60.7 Å². The van der Waals surface area contributed by atoms with Crippen molar-refractivity contribution in [3.8, 4) is 0 Å². The summed E-state index contributed by atoms with van der Waals surface area (Å²) >= 11 is 2.20. The van der Waals surface area contributed by atoms with E-state index in [1.165, 1.54) is 0 Å². The summed E-state index contributed by atoms with van der Waals surface area (Å²) in [5, 5.41) is 2.79. The molecule has 0 unspecified atom stereocenters. The van der Waals surface area contributed by atoms with Crippen LogP contribution < -0.4 is 11.1 Å². The van der Waals surface area contributed by atoms with Gasteiger partial charge in [-0.2, -0.15) is 0 Å². The highest BCUT2D eigenvalue weighted by Crippen LogP contribution is 2.06. The summed E-state index contributed by atoms with van der Waals surface area (Å²) in [4.78, 5) is 11.6. The van der Waals surface area contributed by atoms with E-state index >= 15 is 0 Å². The summed E-state index contributed by atoms with van der Waals surface area (Å²) in [7, 11) is 0. The smallest absolute Gasteiger partial charge is 0.251 e. The Hall–Kier alpha value is -0.330. The third-order valence-corrected chi connectivity index (χ3v) is 2.53. The van der Waals surface area contributed by atoms with E-state index in [9.17, 15) is 4.79 Å². The van der Waals surface area contributed by atoms with Gasteiger partial charge in [-0.1, -0.05) is 0 Å². The second kappa shape index (κ2) is 6.42. The van der Waals surface area contributed by atoms with E-state index in [1.54, 1.807) is 12.1 Å². The van der Waals surface area contributed by atoms with Crippen LogP contribution in [0.2, 0.25) is 0 Å². The lowest BCUT2D eigenvalue weighted by atomic mass is 10.1. The number of nitrogens with one attached hydrogen (secondary N) is 1. The number of carbonyl (C=O) groups is 1. The zero-order chi connectivity index (χ0) is 11.5. The van der Waals surface area contributed by atoms with Crippen molar-refractivity contribution in [2.24, 2.45) is 5.73 Å². The van der Waals surface area contributed by atoms with Crippen LogP contribution >= 0.6 is 35.0 Å². The van der Waals surface area contributed by atoms with Crippen molar-refractivity contribution in [1.29, 1.82) is 0 Å². The molecule has 0 radical (unpaired) electrons. The molecular weight excluding hydrogens is 338 g/mol. The first-order chi connectivity index (χ1) is 6.88. The summed E-state index contributed by atoms with van der Waals surface area (Å²) in [6.45, 7) is 4.22. The lowest BCUT2D eigenvalue weighted by molar-refractivity contribution is 0.0946. The molecule has 1 rings (SSSR count). The van der Waals surface area contributed by atoms with Crippen LogP contribution in [0.3, 0.4) is 0 Å². The Bertz CT molecular complexity index is 346. The number of hydrogen-bond donors (Lipinski definition) is 2. The van der Waals surface area contributed by atoms with Crippen molar-refractivity contribution >= 4 is 40.9 Å². The fourth-order valence-electron chi connectivity index (χ4n) is 1.01. The van der Waals surface area contributed by atoms with Gasteiger partial charge in [0.2, 0.25) is 0 Å². The predicted molar refractivity (Wildman–Crippen MR) is 77.0 cm³/mol. The van der Waals surface area contributed by atoms with Gasteiger partial charge in [0.05, 0.1) is 0 Å². The molecule has 3 N–H and O–H groups in total. The van der Waals surface area contributed by atoms with E-state index in [0.29, 0.717) is 12.1 Å². The second-order valence-corrected chi connectivity index (χ2v) is 5.42. The maximum absolute atomic E-state index is 11.6. The summed E-state index contributed by atoms with van der Waals surface area (Å²) < 4.78 is 1.11. The molecule has 0 heterocycles. The molecule has 16 heavy (non-hydrogen) atoms. The van der Waals surface area contributed by atoms with E-state index in [-0.39, 0.29) is 23.9 Å².